The van der Waals surface area contributed by atoms with Gasteiger partial charge in [0.15, 0.2) is 0 Å². The van der Waals surface area contributed by atoms with Gasteiger partial charge in [-0.3, -0.25) is 0 Å². The number of anilines is 1. The summed E-state index contributed by atoms with van der Waals surface area (Å²) in [6.07, 6.45) is 2.20. The van der Waals surface area contributed by atoms with Gasteiger partial charge in [0.05, 0.1) is 0 Å². The molecule has 5 heteroatoms. The molecule has 1 N–H and O–H groups in total. The van der Waals surface area contributed by atoms with E-state index in [0.29, 0.717) is 17.5 Å². The first-order valence-corrected chi connectivity index (χ1v) is 5.58. The van der Waals surface area contributed by atoms with Crippen molar-refractivity contribution in [2.24, 2.45) is 0 Å². The molecule has 0 aliphatic carbocycles. The SMILES string of the molecule is Fc1ccc(CCNc2cc(Cl)ncn2)cc1. The third kappa shape index (κ3) is 3.67. The van der Waals surface area contributed by atoms with Crippen LogP contribution in [0.15, 0.2) is 36.7 Å². The van der Waals surface area contributed by atoms with Crippen molar-refractivity contribution in [1.82, 2.24) is 9.97 Å². The number of nitrogens with one attached hydrogen (secondary N) is 1. The van der Waals surface area contributed by atoms with Crippen LogP contribution in [0.5, 0.6) is 0 Å². The fourth-order valence-electron chi connectivity index (χ4n) is 1.42. The second-order valence-electron chi connectivity index (χ2n) is 3.53. The molecule has 3 nitrogen and oxygen atoms in total. The Labute approximate surface area is 104 Å². The fourth-order valence-corrected chi connectivity index (χ4v) is 1.56. The molecule has 88 valence electrons. The van der Waals surface area contributed by atoms with Crippen molar-refractivity contribution in [3.05, 3.63) is 53.2 Å². The van der Waals surface area contributed by atoms with E-state index in [1.54, 1.807) is 18.2 Å². The van der Waals surface area contributed by atoms with E-state index < -0.39 is 0 Å². The van der Waals surface area contributed by atoms with E-state index in [1.165, 1.54) is 18.5 Å². The maximum atomic E-state index is 12.7. The fraction of sp³-hybridized carbons (Fsp3) is 0.167. The predicted octanol–water partition coefficient (Wildman–Crippen LogP) is 2.92. The Morgan fingerprint density at radius 2 is 1.94 bits per heavy atom. The van der Waals surface area contributed by atoms with Crippen LogP contribution in [0.1, 0.15) is 5.56 Å². The number of nitrogens with zero attached hydrogens (tertiary/aromatic N) is 2. The number of rotatable bonds is 4. The number of hydrogen-bond acceptors (Lipinski definition) is 3. The molecule has 0 saturated carbocycles. The van der Waals surface area contributed by atoms with E-state index in [0.717, 1.165) is 12.0 Å². The van der Waals surface area contributed by atoms with Gasteiger partial charge in [-0.2, -0.15) is 0 Å². The number of halogens is 2. The summed E-state index contributed by atoms with van der Waals surface area (Å²) in [4.78, 5) is 7.81. The average molecular weight is 252 g/mol. The molecule has 0 spiro atoms. The molecule has 0 atom stereocenters. The van der Waals surface area contributed by atoms with Crippen LogP contribution in [0.4, 0.5) is 10.2 Å². The van der Waals surface area contributed by atoms with Gasteiger partial charge in [-0.15, -0.1) is 0 Å². The minimum Gasteiger partial charge on any atom is -0.370 e. The third-order valence-corrected chi connectivity index (χ3v) is 2.47. The molecule has 0 amide bonds. The Kier molecular flexibility index (Phi) is 3.88. The Balaban J connectivity index is 1.85. The normalized spacial score (nSPS) is 10.2. The minimum absolute atomic E-state index is 0.218. The van der Waals surface area contributed by atoms with E-state index in [-0.39, 0.29) is 5.82 Å². The summed E-state index contributed by atoms with van der Waals surface area (Å²) in [5.74, 6) is 0.469. The molecule has 1 aromatic carbocycles. The van der Waals surface area contributed by atoms with Crippen LogP contribution in [-0.4, -0.2) is 16.5 Å². The summed E-state index contributed by atoms with van der Waals surface area (Å²) in [7, 11) is 0. The van der Waals surface area contributed by atoms with Gasteiger partial charge in [0.2, 0.25) is 0 Å². The molecule has 1 heterocycles. The summed E-state index contributed by atoms with van der Waals surface area (Å²) in [5, 5.41) is 3.53. The van der Waals surface area contributed by atoms with Crippen LogP contribution >= 0.6 is 11.6 Å². The quantitative estimate of drug-likeness (QED) is 0.849. The smallest absolute Gasteiger partial charge is 0.134 e. The molecule has 0 saturated heterocycles. The van der Waals surface area contributed by atoms with Crippen molar-refractivity contribution in [1.29, 1.82) is 0 Å². The topological polar surface area (TPSA) is 37.8 Å². The number of benzene rings is 1. The lowest BCUT2D eigenvalue weighted by molar-refractivity contribution is 0.627. The molecule has 0 aliphatic heterocycles. The molecule has 0 bridgehead atoms. The van der Waals surface area contributed by atoms with Gasteiger partial charge < -0.3 is 5.32 Å². The lowest BCUT2D eigenvalue weighted by Crippen LogP contribution is -2.06. The van der Waals surface area contributed by atoms with E-state index in [9.17, 15) is 4.39 Å². The van der Waals surface area contributed by atoms with Crippen LogP contribution in [0.25, 0.3) is 0 Å². The van der Waals surface area contributed by atoms with Crippen molar-refractivity contribution in [3.63, 3.8) is 0 Å². The zero-order chi connectivity index (χ0) is 12.1. The Morgan fingerprint density at radius 1 is 1.18 bits per heavy atom. The van der Waals surface area contributed by atoms with Crippen LogP contribution in [0.2, 0.25) is 5.15 Å². The average Bonchev–Trinajstić information content (AvgIpc) is 2.32. The van der Waals surface area contributed by atoms with Gasteiger partial charge in [0.25, 0.3) is 0 Å². The van der Waals surface area contributed by atoms with Crippen LogP contribution in [-0.2, 0) is 6.42 Å². The lowest BCUT2D eigenvalue weighted by Gasteiger charge is -2.05. The second-order valence-corrected chi connectivity index (χ2v) is 3.92. The highest BCUT2D eigenvalue weighted by atomic mass is 35.5. The van der Waals surface area contributed by atoms with E-state index in [2.05, 4.69) is 15.3 Å². The highest BCUT2D eigenvalue weighted by Gasteiger charge is 1.97. The van der Waals surface area contributed by atoms with Gasteiger partial charge >= 0.3 is 0 Å². The summed E-state index contributed by atoms with van der Waals surface area (Å²) in [6, 6.07) is 8.11. The Morgan fingerprint density at radius 3 is 2.65 bits per heavy atom. The van der Waals surface area contributed by atoms with Crippen molar-refractivity contribution in [2.75, 3.05) is 11.9 Å². The minimum atomic E-state index is -0.218. The first-order chi connectivity index (χ1) is 8.24. The standard InChI is InChI=1S/C12H11ClFN3/c13-11-7-12(17-8-16-11)15-6-5-9-1-3-10(14)4-2-9/h1-4,7-8H,5-6H2,(H,15,16,17). The lowest BCUT2D eigenvalue weighted by atomic mass is 10.1. The molecular weight excluding hydrogens is 241 g/mol. The van der Waals surface area contributed by atoms with Crippen LogP contribution in [0, 0.1) is 5.82 Å². The highest BCUT2D eigenvalue weighted by molar-refractivity contribution is 6.29. The Bertz CT molecular complexity index is 487. The largest absolute Gasteiger partial charge is 0.370 e. The summed E-state index contributed by atoms with van der Waals surface area (Å²) >= 11 is 5.73. The molecule has 0 fully saturated rings. The zero-order valence-corrected chi connectivity index (χ0v) is 9.78. The molecule has 0 aliphatic rings. The third-order valence-electron chi connectivity index (χ3n) is 2.27. The molecular formula is C12H11ClFN3. The maximum absolute atomic E-state index is 12.7. The van der Waals surface area contributed by atoms with E-state index >= 15 is 0 Å². The van der Waals surface area contributed by atoms with Crippen LogP contribution < -0.4 is 5.32 Å². The van der Waals surface area contributed by atoms with Gasteiger partial charge in [-0.1, -0.05) is 23.7 Å². The van der Waals surface area contributed by atoms with Gasteiger partial charge in [-0.25, -0.2) is 14.4 Å². The van der Waals surface area contributed by atoms with Gasteiger partial charge in [0.1, 0.15) is 23.1 Å². The summed E-state index contributed by atoms with van der Waals surface area (Å²) in [5.41, 5.74) is 1.07. The molecule has 17 heavy (non-hydrogen) atoms. The monoisotopic (exact) mass is 251 g/mol. The van der Waals surface area contributed by atoms with E-state index in [1.807, 2.05) is 0 Å². The zero-order valence-electron chi connectivity index (χ0n) is 9.03. The van der Waals surface area contributed by atoms with E-state index in [4.69, 9.17) is 11.6 Å². The van der Waals surface area contributed by atoms with Crippen LogP contribution in [0.3, 0.4) is 0 Å². The highest BCUT2D eigenvalue weighted by Crippen LogP contribution is 2.09. The molecule has 0 radical (unpaired) electrons. The number of aromatic nitrogens is 2. The van der Waals surface area contributed by atoms with Crippen molar-refractivity contribution < 1.29 is 4.39 Å². The Hall–Kier alpha value is -1.68. The summed E-state index contributed by atoms with van der Waals surface area (Å²) < 4.78 is 12.7. The molecule has 2 aromatic rings. The van der Waals surface area contributed by atoms with Gasteiger partial charge in [-0.05, 0) is 24.1 Å². The van der Waals surface area contributed by atoms with Crippen molar-refractivity contribution in [3.8, 4) is 0 Å². The molecule has 1 aromatic heterocycles. The first kappa shape index (κ1) is 11.8. The predicted molar refractivity (Wildman–Crippen MR) is 65.6 cm³/mol. The number of hydrogen-bond donors (Lipinski definition) is 1. The molecule has 0 unspecified atom stereocenters. The second kappa shape index (κ2) is 5.59. The summed E-state index contributed by atoms with van der Waals surface area (Å²) in [6.45, 7) is 0.707. The first-order valence-electron chi connectivity index (χ1n) is 5.20. The molecule has 2 rings (SSSR count). The van der Waals surface area contributed by atoms with Crippen molar-refractivity contribution >= 4 is 17.4 Å². The van der Waals surface area contributed by atoms with Gasteiger partial charge in [0, 0.05) is 12.6 Å². The van der Waals surface area contributed by atoms with Crippen molar-refractivity contribution in [2.45, 2.75) is 6.42 Å². The maximum Gasteiger partial charge on any atom is 0.134 e.